The van der Waals surface area contributed by atoms with Crippen molar-refractivity contribution in [1.29, 1.82) is 5.41 Å². The first-order valence-corrected chi connectivity index (χ1v) is 6.83. The number of halogens is 1. The molecular weight excluding hydrogens is 328 g/mol. The summed E-state index contributed by atoms with van der Waals surface area (Å²) in [6.45, 7) is 1.20. The standard InChI is InChI=1S/C12H15BrN4O3/c13-11(15)8-4-16-10(3-9(8)14)12(19)17-1-2-20-6-7(18)5-17/h3-4,7,15,18H,1-2,5-6H2,(H2,14,16). The van der Waals surface area contributed by atoms with Crippen molar-refractivity contribution in [3.05, 3.63) is 23.5 Å². The minimum absolute atomic E-state index is 0.111. The molecule has 1 atom stereocenters. The highest BCUT2D eigenvalue weighted by Crippen LogP contribution is 2.16. The number of nitrogen functional groups attached to an aromatic ring is 1. The molecule has 1 aliphatic heterocycles. The number of β-amino-alcohol motifs (C(OH)–C–C–N with tert-alkyl or cyclic N) is 1. The van der Waals surface area contributed by atoms with Gasteiger partial charge in [-0.05, 0) is 22.0 Å². The molecule has 0 saturated carbocycles. The molecule has 108 valence electrons. The van der Waals surface area contributed by atoms with Gasteiger partial charge in [0, 0.05) is 30.5 Å². The number of carbonyl (C=O) groups is 1. The molecule has 8 heteroatoms. The fraction of sp³-hybridized carbons (Fsp3) is 0.417. The lowest BCUT2D eigenvalue weighted by atomic mass is 10.2. The van der Waals surface area contributed by atoms with Gasteiger partial charge in [0.25, 0.3) is 5.91 Å². The number of pyridine rings is 1. The van der Waals surface area contributed by atoms with Gasteiger partial charge in [-0.1, -0.05) is 0 Å². The van der Waals surface area contributed by atoms with Crippen LogP contribution in [0.4, 0.5) is 5.69 Å². The van der Waals surface area contributed by atoms with Crippen LogP contribution in [0.1, 0.15) is 16.1 Å². The van der Waals surface area contributed by atoms with Crippen LogP contribution >= 0.6 is 15.9 Å². The second kappa shape index (κ2) is 6.29. The van der Waals surface area contributed by atoms with E-state index in [4.69, 9.17) is 15.9 Å². The number of nitrogens with one attached hydrogen (secondary N) is 1. The van der Waals surface area contributed by atoms with Crippen LogP contribution in [0.2, 0.25) is 0 Å². The molecule has 0 radical (unpaired) electrons. The minimum Gasteiger partial charge on any atom is -0.398 e. The summed E-state index contributed by atoms with van der Waals surface area (Å²) in [7, 11) is 0. The molecule has 1 unspecified atom stereocenters. The van der Waals surface area contributed by atoms with Gasteiger partial charge in [0.15, 0.2) is 0 Å². The van der Waals surface area contributed by atoms with Crippen molar-refractivity contribution < 1.29 is 14.6 Å². The lowest BCUT2D eigenvalue weighted by Crippen LogP contribution is -2.38. The fourth-order valence-corrected chi connectivity index (χ4v) is 2.24. The SMILES string of the molecule is N=C(Br)c1cnc(C(=O)N2CCOCC(O)C2)cc1N. The smallest absolute Gasteiger partial charge is 0.272 e. The van der Waals surface area contributed by atoms with Gasteiger partial charge in [0.2, 0.25) is 0 Å². The minimum atomic E-state index is -0.700. The van der Waals surface area contributed by atoms with Crippen molar-refractivity contribution in [1.82, 2.24) is 9.88 Å². The molecule has 1 saturated heterocycles. The molecule has 1 amide bonds. The Morgan fingerprint density at radius 3 is 3.05 bits per heavy atom. The van der Waals surface area contributed by atoms with Crippen molar-refractivity contribution in [2.45, 2.75) is 6.10 Å². The summed E-state index contributed by atoms with van der Waals surface area (Å²) < 4.78 is 5.29. The Hall–Kier alpha value is -1.51. The maximum atomic E-state index is 12.3. The summed E-state index contributed by atoms with van der Waals surface area (Å²) in [4.78, 5) is 17.8. The number of ether oxygens (including phenoxy) is 1. The number of aromatic nitrogens is 1. The van der Waals surface area contributed by atoms with E-state index < -0.39 is 6.10 Å². The zero-order valence-corrected chi connectivity index (χ0v) is 12.3. The number of nitrogens with two attached hydrogens (primary N) is 1. The van der Waals surface area contributed by atoms with Crippen LogP contribution < -0.4 is 5.73 Å². The lowest BCUT2D eigenvalue weighted by Gasteiger charge is -2.21. The average Bonchev–Trinajstić information content (AvgIpc) is 2.62. The highest BCUT2D eigenvalue weighted by Gasteiger charge is 2.23. The van der Waals surface area contributed by atoms with E-state index in [0.29, 0.717) is 24.4 Å². The summed E-state index contributed by atoms with van der Waals surface area (Å²) in [5.74, 6) is -0.311. The Labute approximate surface area is 124 Å². The Balaban J connectivity index is 2.20. The van der Waals surface area contributed by atoms with Crippen LogP contribution in [-0.4, -0.2) is 57.9 Å². The van der Waals surface area contributed by atoms with Crippen molar-refractivity contribution in [3.8, 4) is 0 Å². The summed E-state index contributed by atoms with van der Waals surface area (Å²) in [6.07, 6.45) is 0.679. The maximum absolute atomic E-state index is 12.3. The monoisotopic (exact) mass is 342 g/mol. The third-order valence-corrected chi connectivity index (χ3v) is 3.35. The number of rotatable bonds is 2. The maximum Gasteiger partial charge on any atom is 0.272 e. The molecule has 0 aromatic carbocycles. The molecule has 1 aromatic rings. The van der Waals surface area contributed by atoms with E-state index >= 15 is 0 Å². The molecule has 0 bridgehead atoms. The molecule has 20 heavy (non-hydrogen) atoms. The zero-order chi connectivity index (χ0) is 14.7. The third kappa shape index (κ3) is 3.33. The van der Waals surface area contributed by atoms with Gasteiger partial charge in [-0.2, -0.15) is 0 Å². The van der Waals surface area contributed by atoms with Gasteiger partial charge in [0.05, 0.1) is 19.3 Å². The Bertz CT molecular complexity index is 537. The number of hydrogen-bond donors (Lipinski definition) is 3. The largest absolute Gasteiger partial charge is 0.398 e. The van der Waals surface area contributed by atoms with Crippen molar-refractivity contribution >= 4 is 32.1 Å². The number of hydrogen-bond acceptors (Lipinski definition) is 6. The number of aliphatic hydroxyl groups excluding tert-OH is 1. The second-order valence-electron chi connectivity index (χ2n) is 4.45. The Morgan fingerprint density at radius 1 is 1.65 bits per heavy atom. The van der Waals surface area contributed by atoms with E-state index in [1.807, 2.05) is 0 Å². The fourth-order valence-electron chi connectivity index (χ4n) is 1.91. The Morgan fingerprint density at radius 2 is 2.40 bits per heavy atom. The summed E-state index contributed by atoms with van der Waals surface area (Å²) in [5, 5.41) is 17.1. The molecular formula is C12H15BrN4O3. The van der Waals surface area contributed by atoms with Crippen molar-refractivity contribution in [3.63, 3.8) is 0 Å². The quantitative estimate of drug-likeness (QED) is 0.665. The first-order chi connectivity index (χ1) is 9.49. The predicted octanol–water partition coefficient (Wildman–Crippen LogP) is 0.217. The highest BCUT2D eigenvalue weighted by atomic mass is 79.9. The predicted molar refractivity (Wildman–Crippen MR) is 77.1 cm³/mol. The molecule has 7 nitrogen and oxygen atoms in total. The van der Waals surface area contributed by atoms with Crippen molar-refractivity contribution in [2.75, 3.05) is 32.0 Å². The van der Waals surface area contributed by atoms with E-state index in [0.717, 1.165) is 0 Å². The van der Waals surface area contributed by atoms with Crippen LogP contribution in [0.5, 0.6) is 0 Å². The van der Waals surface area contributed by atoms with Crippen molar-refractivity contribution in [2.24, 2.45) is 0 Å². The van der Waals surface area contributed by atoms with E-state index in [9.17, 15) is 9.90 Å². The molecule has 2 rings (SSSR count). The van der Waals surface area contributed by atoms with Crippen LogP contribution in [0.3, 0.4) is 0 Å². The van der Waals surface area contributed by atoms with E-state index in [1.54, 1.807) is 0 Å². The number of amides is 1. The van der Waals surface area contributed by atoms with Crippen LogP contribution in [0, 0.1) is 5.41 Å². The summed E-state index contributed by atoms with van der Waals surface area (Å²) in [5.41, 5.74) is 6.72. The lowest BCUT2D eigenvalue weighted by molar-refractivity contribution is 0.0533. The normalized spacial score (nSPS) is 19.5. The molecule has 4 N–H and O–H groups in total. The highest BCUT2D eigenvalue weighted by molar-refractivity contribution is 9.18. The zero-order valence-electron chi connectivity index (χ0n) is 10.7. The number of nitrogens with zero attached hydrogens (tertiary/aromatic N) is 2. The molecule has 0 aliphatic carbocycles. The Kier molecular flexibility index (Phi) is 4.69. The van der Waals surface area contributed by atoms with Gasteiger partial charge in [-0.25, -0.2) is 0 Å². The van der Waals surface area contributed by atoms with Gasteiger partial charge in [-0.3, -0.25) is 15.2 Å². The third-order valence-electron chi connectivity index (χ3n) is 2.93. The van der Waals surface area contributed by atoms with E-state index in [-0.39, 0.29) is 29.4 Å². The first kappa shape index (κ1) is 14.9. The molecule has 1 aromatic heterocycles. The van der Waals surface area contributed by atoms with Crippen LogP contribution in [0.15, 0.2) is 12.3 Å². The second-order valence-corrected chi connectivity index (χ2v) is 5.24. The van der Waals surface area contributed by atoms with E-state index in [2.05, 4.69) is 20.9 Å². The molecule has 1 aliphatic rings. The number of carbonyl (C=O) groups excluding carboxylic acids is 1. The molecule has 2 heterocycles. The molecule has 0 spiro atoms. The van der Waals surface area contributed by atoms with Crippen LogP contribution in [0.25, 0.3) is 0 Å². The topological polar surface area (TPSA) is 113 Å². The van der Waals surface area contributed by atoms with Gasteiger partial charge >= 0.3 is 0 Å². The van der Waals surface area contributed by atoms with Gasteiger partial charge < -0.3 is 20.5 Å². The average molecular weight is 343 g/mol. The van der Waals surface area contributed by atoms with E-state index in [1.165, 1.54) is 17.2 Å². The van der Waals surface area contributed by atoms with Gasteiger partial charge in [-0.15, -0.1) is 0 Å². The summed E-state index contributed by atoms with van der Waals surface area (Å²) >= 11 is 3.01. The van der Waals surface area contributed by atoms with Gasteiger partial charge in [0.1, 0.15) is 10.3 Å². The van der Waals surface area contributed by atoms with Crippen LogP contribution in [-0.2, 0) is 4.74 Å². The first-order valence-electron chi connectivity index (χ1n) is 6.04. The summed E-state index contributed by atoms with van der Waals surface area (Å²) in [6, 6.07) is 1.44. The number of aliphatic hydroxyl groups is 1. The number of anilines is 1. The molecule has 1 fully saturated rings.